The Bertz CT molecular complexity index is 461. The molecule has 2 N–H and O–H groups in total. The topological polar surface area (TPSA) is 61.4 Å². The molecule has 0 unspecified atom stereocenters. The van der Waals surface area contributed by atoms with E-state index in [1.807, 2.05) is 13.0 Å². The van der Waals surface area contributed by atoms with Gasteiger partial charge in [-0.1, -0.05) is 6.07 Å². The fraction of sp³-hybridized carbons (Fsp3) is 0.385. The molecule has 0 aliphatic carbocycles. The lowest BCUT2D eigenvalue weighted by Gasteiger charge is -2.13. The predicted molar refractivity (Wildman–Crippen MR) is 79.0 cm³/mol. The van der Waals surface area contributed by atoms with Crippen molar-refractivity contribution in [2.75, 3.05) is 33.0 Å². The van der Waals surface area contributed by atoms with Gasteiger partial charge in [-0.05, 0) is 31.7 Å². The van der Waals surface area contributed by atoms with Crippen LogP contribution in [-0.2, 0) is 4.79 Å². The first-order chi connectivity index (χ1) is 8.45. The first-order valence-electron chi connectivity index (χ1n) is 5.72. The van der Waals surface area contributed by atoms with E-state index in [1.165, 1.54) is 4.90 Å². The molecule has 6 heteroatoms. The Morgan fingerprint density at radius 2 is 1.89 bits per heavy atom. The first-order valence-corrected chi connectivity index (χ1v) is 5.72. The molecule has 0 spiro atoms. The van der Waals surface area contributed by atoms with Crippen LogP contribution in [0.15, 0.2) is 18.2 Å². The fourth-order valence-electron chi connectivity index (χ4n) is 1.50. The zero-order chi connectivity index (χ0) is 13.7. The molecule has 0 aliphatic heterocycles. The molecule has 0 bridgehead atoms. The Balaban J connectivity index is 0.00000324. The van der Waals surface area contributed by atoms with Crippen LogP contribution in [0, 0.1) is 6.92 Å². The van der Waals surface area contributed by atoms with E-state index in [1.54, 1.807) is 33.3 Å². The maximum absolute atomic E-state index is 11.8. The summed E-state index contributed by atoms with van der Waals surface area (Å²) in [5, 5.41) is 5.55. The number of carbonyl (C=O) groups excluding carboxylic acids is 2. The average molecular weight is 286 g/mol. The van der Waals surface area contributed by atoms with Gasteiger partial charge in [-0.15, -0.1) is 12.4 Å². The van der Waals surface area contributed by atoms with Gasteiger partial charge < -0.3 is 15.5 Å². The second-order valence-corrected chi connectivity index (χ2v) is 4.31. The Kier molecular flexibility index (Phi) is 7.11. The van der Waals surface area contributed by atoms with E-state index < -0.39 is 0 Å². The maximum atomic E-state index is 11.8. The average Bonchev–Trinajstić information content (AvgIpc) is 2.31. The monoisotopic (exact) mass is 285 g/mol. The van der Waals surface area contributed by atoms with Gasteiger partial charge in [0.05, 0.1) is 6.54 Å². The molecule has 2 amide bonds. The van der Waals surface area contributed by atoms with Crippen LogP contribution in [0.2, 0.25) is 0 Å². The highest BCUT2D eigenvalue weighted by Crippen LogP contribution is 2.17. The van der Waals surface area contributed by atoms with E-state index in [-0.39, 0.29) is 30.8 Å². The molecule has 0 saturated heterocycles. The highest BCUT2D eigenvalue weighted by molar-refractivity contribution is 5.98. The van der Waals surface area contributed by atoms with Gasteiger partial charge in [0.1, 0.15) is 0 Å². The molecule has 0 aliphatic rings. The van der Waals surface area contributed by atoms with Crippen molar-refractivity contribution in [2.45, 2.75) is 6.92 Å². The highest BCUT2D eigenvalue weighted by Gasteiger charge is 2.11. The van der Waals surface area contributed by atoms with Crippen molar-refractivity contribution in [1.82, 2.24) is 10.2 Å². The summed E-state index contributed by atoms with van der Waals surface area (Å²) in [7, 11) is 5.10. The van der Waals surface area contributed by atoms with Gasteiger partial charge >= 0.3 is 0 Å². The lowest BCUT2D eigenvalue weighted by atomic mass is 10.1. The molecule has 0 saturated carbocycles. The number of aryl methyl sites for hydroxylation is 1. The molecule has 1 aromatic carbocycles. The van der Waals surface area contributed by atoms with Crippen molar-refractivity contribution in [3.8, 4) is 0 Å². The van der Waals surface area contributed by atoms with Crippen LogP contribution in [-0.4, -0.2) is 44.4 Å². The Morgan fingerprint density at radius 1 is 1.26 bits per heavy atom. The Morgan fingerprint density at radius 3 is 2.42 bits per heavy atom. The molecule has 5 nitrogen and oxygen atoms in total. The van der Waals surface area contributed by atoms with Gasteiger partial charge in [0.15, 0.2) is 0 Å². The molecule has 0 radical (unpaired) electrons. The number of hydrogen-bond donors (Lipinski definition) is 2. The van der Waals surface area contributed by atoms with E-state index in [9.17, 15) is 9.59 Å². The molecule has 106 valence electrons. The van der Waals surface area contributed by atoms with E-state index in [0.717, 1.165) is 5.56 Å². The normalized spacial score (nSPS) is 9.47. The molecule has 19 heavy (non-hydrogen) atoms. The highest BCUT2D eigenvalue weighted by atomic mass is 35.5. The first kappa shape index (κ1) is 17.4. The van der Waals surface area contributed by atoms with E-state index in [0.29, 0.717) is 11.3 Å². The summed E-state index contributed by atoms with van der Waals surface area (Å²) in [6.07, 6.45) is 0. The van der Waals surface area contributed by atoms with Crippen molar-refractivity contribution in [3.63, 3.8) is 0 Å². The Labute approximate surface area is 119 Å². The van der Waals surface area contributed by atoms with E-state index in [2.05, 4.69) is 10.6 Å². The second kappa shape index (κ2) is 7.76. The standard InChI is InChI=1S/C13H19N3O2.ClH/c1-9-5-6-10(13(18)16(3)4)7-11(9)15-12(17)8-14-2;/h5-7,14H,8H2,1-4H3,(H,15,17);1H. The predicted octanol–water partition coefficient (Wildman–Crippen LogP) is 1.28. The molecular weight excluding hydrogens is 266 g/mol. The van der Waals surface area contributed by atoms with Crippen molar-refractivity contribution in [2.24, 2.45) is 0 Å². The third-order valence-electron chi connectivity index (χ3n) is 2.50. The summed E-state index contributed by atoms with van der Waals surface area (Å²) in [4.78, 5) is 24.8. The number of rotatable bonds is 4. The van der Waals surface area contributed by atoms with Gasteiger partial charge in [0.2, 0.25) is 5.91 Å². The van der Waals surface area contributed by atoms with Crippen LogP contribution in [0.25, 0.3) is 0 Å². The number of halogens is 1. The maximum Gasteiger partial charge on any atom is 0.253 e. The van der Waals surface area contributed by atoms with Crippen LogP contribution >= 0.6 is 12.4 Å². The summed E-state index contributed by atoms with van der Waals surface area (Å²) < 4.78 is 0. The van der Waals surface area contributed by atoms with Crippen LogP contribution in [0.3, 0.4) is 0 Å². The summed E-state index contributed by atoms with van der Waals surface area (Å²) in [6.45, 7) is 2.13. The summed E-state index contributed by atoms with van der Waals surface area (Å²) in [5.74, 6) is -0.214. The largest absolute Gasteiger partial charge is 0.345 e. The quantitative estimate of drug-likeness (QED) is 0.876. The lowest BCUT2D eigenvalue weighted by Crippen LogP contribution is -2.26. The minimum absolute atomic E-state index is 0. The zero-order valence-corrected chi connectivity index (χ0v) is 12.4. The minimum Gasteiger partial charge on any atom is -0.345 e. The summed E-state index contributed by atoms with van der Waals surface area (Å²) in [6, 6.07) is 5.28. The smallest absolute Gasteiger partial charge is 0.253 e. The lowest BCUT2D eigenvalue weighted by molar-refractivity contribution is -0.115. The molecule has 0 heterocycles. The van der Waals surface area contributed by atoms with Crippen LogP contribution in [0.1, 0.15) is 15.9 Å². The minimum atomic E-state index is -0.130. The van der Waals surface area contributed by atoms with Crippen LogP contribution in [0.4, 0.5) is 5.69 Å². The third-order valence-corrected chi connectivity index (χ3v) is 2.50. The van der Waals surface area contributed by atoms with E-state index >= 15 is 0 Å². The fourth-order valence-corrected chi connectivity index (χ4v) is 1.50. The number of amides is 2. The van der Waals surface area contributed by atoms with Gasteiger partial charge in [-0.25, -0.2) is 0 Å². The zero-order valence-electron chi connectivity index (χ0n) is 11.6. The van der Waals surface area contributed by atoms with Crippen molar-refractivity contribution >= 4 is 29.9 Å². The van der Waals surface area contributed by atoms with Gasteiger partial charge in [0.25, 0.3) is 5.91 Å². The van der Waals surface area contributed by atoms with Crippen molar-refractivity contribution in [1.29, 1.82) is 0 Å². The molecule has 0 aromatic heterocycles. The number of likely N-dealkylation sites (N-methyl/N-ethyl adjacent to an activating group) is 1. The molecular formula is C13H20ClN3O2. The summed E-state index contributed by atoms with van der Waals surface area (Å²) >= 11 is 0. The van der Waals surface area contributed by atoms with Gasteiger partial charge in [0, 0.05) is 25.3 Å². The van der Waals surface area contributed by atoms with Gasteiger partial charge in [-0.3, -0.25) is 9.59 Å². The number of anilines is 1. The molecule has 1 rings (SSSR count). The van der Waals surface area contributed by atoms with Crippen molar-refractivity contribution < 1.29 is 9.59 Å². The van der Waals surface area contributed by atoms with Crippen LogP contribution in [0.5, 0.6) is 0 Å². The SMILES string of the molecule is CNCC(=O)Nc1cc(C(=O)N(C)C)ccc1C.Cl. The second-order valence-electron chi connectivity index (χ2n) is 4.31. The number of benzene rings is 1. The van der Waals surface area contributed by atoms with Crippen LogP contribution < -0.4 is 10.6 Å². The summed E-state index contributed by atoms with van der Waals surface area (Å²) in [5.41, 5.74) is 2.16. The number of nitrogens with zero attached hydrogens (tertiary/aromatic N) is 1. The molecule has 1 aromatic rings. The number of hydrogen-bond acceptors (Lipinski definition) is 3. The Hall–Kier alpha value is -1.59. The van der Waals surface area contributed by atoms with E-state index in [4.69, 9.17) is 0 Å². The number of nitrogens with one attached hydrogen (secondary N) is 2. The van der Waals surface area contributed by atoms with Gasteiger partial charge in [-0.2, -0.15) is 0 Å². The number of carbonyl (C=O) groups is 2. The van der Waals surface area contributed by atoms with Crippen molar-refractivity contribution in [3.05, 3.63) is 29.3 Å². The molecule has 0 fully saturated rings. The third kappa shape index (κ3) is 4.89. The molecule has 0 atom stereocenters.